The van der Waals surface area contributed by atoms with E-state index in [4.69, 9.17) is 11.6 Å². The van der Waals surface area contributed by atoms with E-state index < -0.39 is 24.9 Å². The zero-order chi connectivity index (χ0) is 21.3. The number of amides is 1. The Kier molecular flexibility index (Phi) is 5.71. The fourth-order valence-electron chi connectivity index (χ4n) is 3.32. The molecular formula is C21H20ClF2N4OS+. The van der Waals surface area contributed by atoms with Crippen LogP contribution in [0, 0.1) is 0 Å². The second kappa shape index (κ2) is 8.28. The minimum Gasteiger partial charge on any atom is -0.357 e. The summed E-state index contributed by atoms with van der Waals surface area (Å²) in [6.45, 7) is -0.450. The summed E-state index contributed by atoms with van der Waals surface area (Å²) in [5, 5.41) is 6.45. The number of alkyl halides is 2. The normalized spacial score (nSPS) is 15.6. The predicted molar refractivity (Wildman–Crippen MR) is 116 cm³/mol. The van der Waals surface area contributed by atoms with Gasteiger partial charge in [-0.2, -0.15) is 0 Å². The van der Waals surface area contributed by atoms with Crippen LogP contribution in [0.25, 0.3) is 11.3 Å². The molecule has 0 saturated carbocycles. The standard InChI is InChI=1S/C21H19ClF2N4OS/c1-30-10-9-25-18(30)7-8-26-20(29)19-17(28-12-21(23,24)13-28)6-5-16(27-19)14-3-2-4-15(22)11-14/h2-6,9-11H,7-8,12-13H2,1H3/p+1. The van der Waals surface area contributed by atoms with Crippen LogP contribution in [-0.4, -0.2) is 41.4 Å². The van der Waals surface area contributed by atoms with Crippen LogP contribution in [0.1, 0.15) is 15.5 Å². The summed E-state index contributed by atoms with van der Waals surface area (Å²) in [6.07, 6.45) is 4.48. The number of hydrogen-bond acceptors (Lipinski definition) is 4. The molecule has 1 aliphatic heterocycles. The molecule has 0 radical (unpaired) electrons. The van der Waals surface area contributed by atoms with Crippen LogP contribution in [0.4, 0.5) is 14.5 Å². The molecule has 1 fully saturated rings. The first-order valence-corrected chi connectivity index (χ1v) is 11.5. The quantitative estimate of drug-likeness (QED) is 0.562. The molecule has 5 nitrogen and oxygen atoms in total. The maximum Gasteiger partial charge on any atom is 0.282 e. The molecule has 30 heavy (non-hydrogen) atoms. The molecule has 1 saturated heterocycles. The Morgan fingerprint density at radius 2 is 2.10 bits per heavy atom. The molecule has 2 aromatic heterocycles. The van der Waals surface area contributed by atoms with Crippen LogP contribution in [0.5, 0.6) is 0 Å². The van der Waals surface area contributed by atoms with Crippen molar-refractivity contribution in [1.29, 1.82) is 0 Å². The predicted octanol–water partition coefficient (Wildman–Crippen LogP) is 4.51. The van der Waals surface area contributed by atoms with E-state index in [-0.39, 0.29) is 16.2 Å². The van der Waals surface area contributed by atoms with Crippen molar-refractivity contribution in [1.82, 2.24) is 15.3 Å². The summed E-state index contributed by atoms with van der Waals surface area (Å²) < 4.78 is 26.8. The van der Waals surface area contributed by atoms with Gasteiger partial charge in [0.1, 0.15) is 6.26 Å². The summed E-state index contributed by atoms with van der Waals surface area (Å²) in [6, 6.07) is 10.5. The first-order chi connectivity index (χ1) is 14.3. The summed E-state index contributed by atoms with van der Waals surface area (Å²) in [5.74, 6) is -3.14. The second-order valence-electron chi connectivity index (χ2n) is 7.16. The molecule has 1 aromatic carbocycles. The molecular weight excluding hydrogens is 430 g/mol. The highest BCUT2D eigenvalue weighted by atomic mass is 35.5. The van der Waals surface area contributed by atoms with Crippen molar-refractivity contribution in [2.24, 2.45) is 6.26 Å². The van der Waals surface area contributed by atoms with Crippen molar-refractivity contribution in [3.05, 3.63) is 63.7 Å². The molecule has 4 rings (SSSR count). The third-order valence-corrected chi connectivity index (χ3v) is 6.69. The van der Waals surface area contributed by atoms with Crippen molar-refractivity contribution in [2.75, 3.05) is 24.5 Å². The van der Waals surface area contributed by atoms with Crippen LogP contribution >= 0.6 is 22.1 Å². The highest BCUT2D eigenvalue weighted by Crippen LogP contribution is 2.34. The zero-order valence-electron chi connectivity index (χ0n) is 16.2. The third kappa shape index (κ3) is 4.44. The fourth-order valence-corrected chi connectivity index (χ4v) is 4.57. The molecule has 1 aliphatic rings. The SMILES string of the molecule is C[s+]1ccnc1CCNC(=O)c1nc(-c2cccc(Cl)c2)ccc1N1CC(F)(F)C1. The molecule has 1 N–H and O–H groups in total. The van der Waals surface area contributed by atoms with Crippen LogP contribution in [0.3, 0.4) is 0 Å². The van der Waals surface area contributed by atoms with E-state index in [0.29, 0.717) is 29.4 Å². The molecule has 156 valence electrons. The number of nitrogens with zero attached hydrogens (tertiary/aromatic N) is 3. The zero-order valence-corrected chi connectivity index (χ0v) is 17.8. The van der Waals surface area contributed by atoms with Gasteiger partial charge in [-0.25, -0.2) is 18.7 Å². The molecule has 1 unspecified atom stereocenters. The van der Waals surface area contributed by atoms with Gasteiger partial charge in [-0.3, -0.25) is 4.79 Å². The van der Waals surface area contributed by atoms with E-state index in [1.54, 1.807) is 36.5 Å². The highest BCUT2D eigenvalue weighted by molar-refractivity contribution is 7.27. The van der Waals surface area contributed by atoms with Gasteiger partial charge in [0.05, 0.1) is 37.1 Å². The minimum atomic E-state index is -2.75. The summed E-state index contributed by atoms with van der Waals surface area (Å²) in [4.78, 5) is 23.2. The Bertz CT molecular complexity index is 1080. The monoisotopic (exact) mass is 449 g/mol. The van der Waals surface area contributed by atoms with Gasteiger partial charge in [0.2, 0.25) is 5.01 Å². The van der Waals surface area contributed by atoms with Crippen molar-refractivity contribution >= 4 is 33.7 Å². The largest absolute Gasteiger partial charge is 0.357 e. The lowest BCUT2D eigenvalue weighted by Gasteiger charge is -2.40. The molecule has 0 spiro atoms. The van der Waals surface area contributed by atoms with Gasteiger partial charge < -0.3 is 10.2 Å². The lowest BCUT2D eigenvalue weighted by atomic mass is 10.1. The average Bonchev–Trinajstić information content (AvgIpc) is 3.10. The Morgan fingerprint density at radius 1 is 1.30 bits per heavy atom. The van der Waals surface area contributed by atoms with Gasteiger partial charge >= 0.3 is 0 Å². The molecule has 0 bridgehead atoms. The number of halogens is 3. The number of benzene rings is 1. The number of pyridine rings is 1. The number of thiazole rings is 1. The Labute approximate surface area is 180 Å². The molecule has 1 atom stereocenters. The van der Waals surface area contributed by atoms with Crippen LogP contribution in [0.2, 0.25) is 5.02 Å². The Morgan fingerprint density at radius 3 is 2.77 bits per heavy atom. The number of carbonyl (C=O) groups excluding carboxylic acids is 1. The molecule has 9 heteroatoms. The van der Waals surface area contributed by atoms with Crippen LogP contribution in [-0.2, 0) is 12.7 Å². The van der Waals surface area contributed by atoms with E-state index in [0.717, 1.165) is 10.6 Å². The topological polar surface area (TPSA) is 58.1 Å². The van der Waals surface area contributed by atoms with Crippen molar-refractivity contribution < 1.29 is 13.6 Å². The summed E-state index contributed by atoms with van der Waals surface area (Å²) in [7, 11) is -0.0150. The van der Waals surface area contributed by atoms with Crippen LogP contribution in [0.15, 0.2) is 48.0 Å². The number of anilines is 1. The van der Waals surface area contributed by atoms with E-state index in [9.17, 15) is 13.6 Å². The van der Waals surface area contributed by atoms with Gasteiger partial charge in [-0.1, -0.05) is 23.7 Å². The van der Waals surface area contributed by atoms with E-state index in [2.05, 4.69) is 21.5 Å². The Hall–Kier alpha value is -2.58. The average molecular weight is 450 g/mol. The summed E-state index contributed by atoms with van der Waals surface area (Å²) >= 11 is 6.07. The number of hydrogen-bond donors (Lipinski definition) is 1. The van der Waals surface area contributed by atoms with Gasteiger partial charge in [0.25, 0.3) is 11.8 Å². The van der Waals surface area contributed by atoms with Gasteiger partial charge in [-0.05, 0) is 34.7 Å². The molecule has 3 aromatic rings. The van der Waals surface area contributed by atoms with E-state index in [1.165, 1.54) is 4.90 Å². The number of nitrogens with one attached hydrogen (secondary N) is 1. The first kappa shape index (κ1) is 20.7. The number of aromatic nitrogens is 2. The second-order valence-corrected chi connectivity index (χ2v) is 9.45. The number of rotatable bonds is 6. The van der Waals surface area contributed by atoms with Crippen molar-refractivity contribution in [3.8, 4) is 11.3 Å². The molecule has 3 heterocycles. The number of aryl methyl sites for hydroxylation is 1. The van der Waals surface area contributed by atoms with E-state index in [1.807, 2.05) is 11.4 Å². The maximum atomic E-state index is 13.4. The smallest absolute Gasteiger partial charge is 0.282 e. The molecule has 0 aliphatic carbocycles. The summed E-state index contributed by atoms with van der Waals surface area (Å²) in [5.41, 5.74) is 1.83. The van der Waals surface area contributed by atoms with Gasteiger partial charge in [0.15, 0.2) is 11.1 Å². The molecule has 1 amide bonds. The van der Waals surface area contributed by atoms with Gasteiger partial charge in [0, 0.05) is 17.1 Å². The van der Waals surface area contributed by atoms with Gasteiger partial charge in [-0.15, -0.1) is 0 Å². The third-order valence-electron chi connectivity index (χ3n) is 4.87. The van der Waals surface area contributed by atoms with Crippen molar-refractivity contribution in [2.45, 2.75) is 12.3 Å². The lowest BCUT2D eigenvalue weighted by molar-refractivity contribution is -0.0263. The lowest BCUT2D eigenvalue weighted by Crippen LogP contribution is -2.57. The fraction of sp³-hybridized carbons (Fsp3) is 0.286. The van der Waals surface area contributed by atoms with Crippen LogP contribution < -0.4 is 10.2 Å². The van der Waals surface area contributed by atoms with Crippen molar-refractivity contribution in [3.63, 3.8) is 0 Å². The van der Waals surface area contributed by atoms with E-state index >= 15 is 0 Å². The highest BCUT2D eigenvalue weighted by Gasteiger charge is 2.45. The number of carbonyl (C=O) groups is 1. The Balaban J connectivity index is 1.58. The maximum absolute atomic E-state index is 13.4. The minimum absolute atomic E-state index is 0.0150. The first-order valence-electron chi connectivity index (χ1n) is 9.38.